The fraction of sp³-hybridized carbons (Fsp3) is 0.0556. The number of urea groups is 1. The van der Waals surface area contributed by atoms with Crippen molar-refractivity contribution in [3.05, 3.63) is 83.1 Å². The molecule has 0 radical (unpaired) electrons. The molecule has 3 aromatic rings. The fourth-order valence-corrected chi connectivity index (χ4v) is 2.64. The van der Waals surface area contributed by atoms with Crippen LogP contribution < -0.4 is 10.6 Å². The summed E-state index contributed by atoms with van der Waals surface area (Å²) in [5.41, 5.74) is 2.84. The molecule has 0 fully saturated rings. The van der Waals surface area contributed by atoms with Gasteiger partial charge in [0.05, 0.1) is 0 Å². The SMILES string of the molecule is O=C(NCc1ccccc1Br)Nc1ccc(-n2cccc2)cc1. The number of nitrogens with one attached hydrogen (secondary N) is 2. The number of hydrogen-bond donors (Lipinski definition) is 2. The van der Waals surface area contributed by atoms with E-state index >= 15 is 0 Å². The van der Waals surface area contributed by atoms with Crippen LogP contribution >= 0.6 is 15.9 Å². The lowest BCUT2D eigenvalue weighted by atomic mass is 10.2. The Balaban J connectivity index is 1.57. The van der Waals surface area contributed by atoms with Gasteiger partial charge in [0, 0.05) is 34.8 Å². The molecule has 0 bridgehead atoms. The third-order valence-electron chi connectivity index (χ3n) is 3.42. The molecule has 2 N–H and O–H groups in total. The number of halogens is 1. The molecule has 0 saturated carbocycles. The highest BCUT2D eigenvalue weighted by atomic mass is 79.9. The number of rotatable bonds is 4. The summed E-state index contributed by atoms with van der Waals surface area (Å²) in [6.45, 7) is 0.467. The van der Waals surface area contributed by atoms with E-state index in [2.05, 4.69) is 26.6 Å². The molecule has 1 heterocycles. The Labute approximate surface area is 143 Å². The summed E-state index contributed by atoms with van der Waals surface area (Å²) in [6.07, 6.45) is 3.96. The highest BCUT2D eigenvalue weighted by Crippen LogP contribution is 2.16. The second-order valence-electron chi connectivity index (χ2n) is 5.04. The largest absolute Gasteiger partial charge is 0.334 e. The van der Waals surface area contributed by atoms with Crippen molar-refractivity contribution >= 4 is 27.6 Å². The summed E-state index contributed by atoms with van der Waals surface area (Å²) < 4.78 is 2.99. The van der Waals surface area contributed by atoms with E-state index in [9.17, 15) is 4.79 Å². The van der Waals surface area contributed by atoms with Crippen LogP contribution in [0.1, 0.15) is 5.56 Å². The Morgan fingerprint density at radius 1 is 0.957 bits per heavy atom. The molecule has 0 aliphatic carbocycles. The molecule has 0 unspecified atom stereocenters. The van der Waals surface area contributed by atoms with Gasteiger partial charge < -0.3 is 15.2 Å². The molecule has 1 aromatic heterocycles. The van der Waals surface area contributed by atoms with Crippen molar-refractivity contribution < 1.29 is 4.79 Å². The zero-order valence-corrected chi connectivity index (χ0v) is 14.0. The normalized spacial score (nSPS) is 10.3. The first-order valence-electron chi connectivity index (χ1n) is 7.24. The average Bonchev–Trinajstić information content (AvgIpc) is 3.09. The van der Waals surface area contributed by atoms with Crippen LogP contribution in [0.15, 0.2) is 77.5 Å². The van der Waals surface area contributed by atoms with Crippen molar-refractivity contribution in [1.29, 1.82) is 0 Å². The van der Waals surface area contributed by atoms with Crippen LogP contribution in [0.25, 0.3) is 5.69 Å². The van der Waals surface area contributed by atoms with Crippen LogP contribution in [0.5, 0.6) is 0 Å². The fourth-order valence-electron chi connectivity index (χ4n) is 2.22. The Bertz CT molecular complexity index is 782. The van der Waals surface area contributed by atoms with E-state index in [1.54, 1.807) is 0 Å². The zero-order chi connectivity index (χ0) is 16.1. The van der Waals surface area contributed by atoms with E-state index in [0.717, 1.165) is 21.4 Å². The quantitative estimate of drug-likeness (QED) is 0.695. The third kappa shape index (κ3) is 4.02. The maximum Gasteiger partial charge on any atom is 0.319 e. The minimum absolute atomic E-state index is 0.227. The van der Waals surface area contributed by atoms with Crippen molar-refractivity contribution in [1.82, 2.24) is 9.88 Å². The van der Waals surface area contributed by atoms with Gasteiger partial charge in [-0.25, -0.2) is 4.79 Å². The number of carbonyl (C=O) groups is 1. The third-order valence-corrected chi connectivity index (χ3v) is 4.20. The number of nitrogens with zero attached hydrogens (tertiary/aromatic N) is 1. The van der Waals surface area contributed by atoms with Gasteiger partial charge in [0.15, 0.2) is 0 Å². The van der Waals surface area contributed by atoms with Crippen molar-refractivity contribution in [2.45, 2.75) is 6.54 Å². The molecule has 0 spiro atoms. The van der Waals surface area contributed by atoms with Gasteiger partial charge in [-0.2, -0.15) is 0 Å². The molecule has 0 aliphatic rings. The molecular formula is C18H16BrN3O. The number of carbonyl (C=O) groups excluding carboxylic acids is 1. The lowest BCUT2D eigenvalue weighted by molar-refractivity contribution is 0.251. The van der Waals surface area contributed by atoms with Gasteiger partial charge in [0.1, 0.15) is 0 Å². The summed E-state index contributed by atoms with van der Waals surface area (Å²) in [4.78, 5) is 12.0. The number of amides is 2. The topological polar surface area (TPSA) is 46.1 Å². The molecule has 0 saturated heterocycles. The molecule has 2 amide bonds. The van der Waals surface area contributed by atoms with Crippen LogP contribution in [-0.2, 0) is 6.54 Å². The Morgan fingerprint density at radius 3 is 2.35 bits per heavy atom. The standard InChI is InChI=1S/C18H16BrN3O/c19-17-6-2-1-5-14(17)13-20-18(23)21-15-7-9-16(10-8-15)22-11-3-4-12-22/h1-12H,13H2,(H2,20,21,23). The Hall–Kier alpha value is -2.53. The first-order valence-corrected chi connectivity index (χ1v) is 8.03. The number of anilines is 1. The van der Waals surface area contributed by atoms with Crippen molar-refractivity contribution in [2.24, 2.45) is 0 Å². The second kappa shape index (κ2) is 7.15. The highest BCUT2D eigenvalue weighted by molar-refractivity contribution is 9.10. The summed E-state index contributed by atoms with van der Waals surface area (Å²) in [5.74, 6) is 0. The summed E-state index contributed by atoms with van der Waals surface area (Å²) in [6, 6.07) is 19.2. The number of aromatic nitrogens is 1. The summed E-state index contributed by atoms with van der Waals surface area (Å²) in [5, 5.41) is 5.67. The smallest absolute Gasteiger partial charge is 0.319 e. The predicted octanol–water partition coefficient (Wildman–Crippen LogP) is 4.56. The average molecular weight is 370 g/mol. The minimum Gasteiger partial charge on any atom is -0.334 e. The van der Waals surface area contributed by atoms with Gasteiger partial charge in [0.25, 0.3) is 0 Å². The molecule has 4 nitrogen and oxygen atoms in total. The van der Waals surface area contributed by atoms with Gasteiger partial charge in [-0.1, -0.05) is 34.1 Å². The van der Waals surface area contributed by atoms with Crippen molar-refractivity contribution in [3.63, 3.8) is 0 Å². The van der Waals surface area contributed by atoms with Crippen LogP contribution in [0, 0.1) is 0 Å². The molecule has 5 heteroatoms. The highest BCUT2D eigenvalue weighted by Gasteiger charge is 2.04. The van der Waals surface area contributed by atoms with Gasteiger partial charge in [-0.3, -0.25) is 0 Å². The summed E-state index contributed by atoms with van der Waals surface area (Å²) in [7, 11) is 0. The molecule has 0 atom stereocenters. The van der Waals surface area contributed by atoms with E-state index in [4.69, 9.17) is 0 Å². The second-order valence-corrected chi connectivity index (χ2v) is 5.89. The Morgan fingerprint density at radius 2 is 1.65 bits per heavy atom. The lowest BCUT2D eigenvalue weighted by Crippen LogP contribution is -2.28. The molecule has 2 aromatic carbocycles. The molecule has 116 valence electrons. The van der Waals surface area contributed by atoms with E-state index in [1.807, 2.05) is 77.6 Å². The first-order chi connectivity index (χ1) is 11.2. The molecular weight excluding hydrogens is 354 g/mol. The van der Waals surface area contributed by atoms with Crippen LogP contribution in [0.2, 0.25) is 0 Å². The van der Waals surface area contributed by atoms with E-state index < -0.39 is 0 Å². The number of benzene rings is 2. The van der Waals surface area contributed by atoms with Gasteiger partial charge >= 0.3 is 6.03 Å². The van der Waals surface area contributed by atoms with E-state index in [1.165, 1.54) is 0 Å². The van der Waals surface area contributed by atoms with Crippen LogP contribution in [0.4, 0.5) is 10.5 Å². The van der Waals surface area contributed by atoms with Gasteiger partial charge in [0.2, 0.25) is 0 Å². The predicted molar refractivity (Wildman–Crippen MR) is 95.8 cm³/mol. The Kier molecular flexibility index (Phi) is 4.78. The zero-order valence-electron chi connectivity index (χ0n) is 12.4. The van der Waals surface area contributed by atoms with Crippen molar-refractivity contribution in [3.8, 4) is 5.69 Å². The van der Waals surface area contributed by atoms with E-state index in [-0.39, 0.29) is 6.03 Å². The number of hydrogen-bond acceptors (Lipinski definition) is 1. The first kappa shape index (κ1) is 15.4. The van der Waals surface area contributed by atoms with Crippen LogP contribution in [0.3, 0.4) is 0 Å². The maximum absolute atomic E-state index is 12.0. The van der Waals surface area contributed by atoms with Gasteiger partial charge in [-0.15, -0.1) is 0 Å². The molecule has 0 aliphatic heterocycles. The lowest BCUT2D eigenvalue weighted by Gasteiger charge is -2.10. The van der Waals surface area contributed by atoms with Crippen molar-refractivity contribution in [2.75, 3.05) is 5.32 Å². The monoisotopic (exact) mass is 369 g/mol. The summed E-state index contributed by atoms with van der Waals surface area (Å²) >= 11 is 3.47. The van der Waals surface area contributed by atoms with Crippen LogP contribution in [-0.4, -0.2) is 10.6 Å². The maximum atomic E-state index is 12.0. The minimum atomic E-state index is -0.227. The van der Waals surface area contributed by atoms with E-state index in [0.29, 0.717) is 6.54 Å². The molecule has 3 rings (SSSR count). The van der Waals surface area contributed by atoms with Gasteiger partial charge in [-0.05, 0) is 48.0 Å². The molecule has 23 heavy (non-hydrogen) atoms.